The van der Waals surface area contributed by atoms with Crippen molar-refractivity contribution in [3.8, 4) is 11.3 Å². The number of nitrogens with zero attached hydrogens (tertiary/aromatic N) is 2. The number of hydrogen-bond donors (Lipinski definition) is 2. The minimum atomic E-state index is -0.140. The summed E-state index contributed by atoms with van der Waals surface area (Å²) in [4.78, 5) is 19.8. The summed E-state index contributed by atoms with van der Waals surface area (Å²) in [6.45, 7) is 1.61. The Balaban J connectivity index is 1.95. The summed E-state index contributed by atoms with van der Waals surface area (Å²) in [6.07, 6.45) is 2.59. The Bertz CT molecular complexity index is 879. The smallest absolute Gasteiger partial charge is 0.312 e. The van der Waals surface area contributed by atoms with Gasteiger partial charge in [-0.05, 0) is 12.1 Å². The first kappa shape index (κ1) is 12.6. The largest absolute Gasteiger partial charge is 0.331 e. The minimum Gasteiger partial charge on any atom is -0.312 e. The number of halogens is 1. The Hall–Kier alpha value is -2.11. The van der Waals surface area contributed by atoms with Gasteiger partial charge in [0.25, 0.3) is 0 Å². The predicted octanol–water partition coefficient (Wildman–Crippen LogP) is 1.99. The highest BCUT2D eigenvalue weighted by molar-refractivity contribution is 6.30. The van der Waals surface area contributed by atoms with E-state index in [1.54, 1.807) is 10.6 Å². The highest BCUT2D eigenvalue weighted by atomic mass is 35.5. The third kappa shape index (κ3) is 2.05. The molecule has 1 aliphatic heterocycles. The van der Waals surface area contributed by atoms with E-state index < -0.39 is 0 Å². The Labute approximate surface area is 125 Å². The lowest BCUT2D eigenvalue weighted by atomic mass is 10.1. The number of imidazole rings is 1. The highest BCUT2D eigenvalue weighted by Crippen LogP contribution is 2.23. The van der Waals surface area contributed by atoms with Crippen LogP contribution in [0, 0.1) is 0 Å². The van der Waals surface area contributed by atoms with E-state index in [1.807, 2.05) is 24.3 Å². The van der Waals surface area contributed by atoms with E-state index in [-0.39, 0.29) is 5.69 Å². The number of H-pyrrole nitrogens is 1. The van der Waals surface area contributed by atoms with Gasteiger partial charge >= 0.3 is 5.69 Å². The SMILES string of the molecule is O=c1[nH]c2c(c3nc(-c4ccc(Cl)cc4)cn13)CNCC2. The number of fused-ring (bicyclic) bond motifs is 3. The van der Waals surface area contributed by atoms with Gasteiger partial charge in [0.05, 0.1) is 5.69 Å². The Kier molecular flexibility index (Phi) is 2.83. The van der Waals surface area contributed by atoms with Crippen LogP contribution in [0.4, 0.5) is 0 Å². The third-order valence-electron chi connectivity index (χ3n) is 3.81. The molecule has 106 valence electrons. The standard InChI is InChI=1S/C15H13ClN4O/c16-10-3-1-9(2-4-10)13-8-20-14(18-13)11-7-17-6-5-12(11)19-15(20)21/h1-4,8,17H,5-7H2,(H,19,21). The van der Waals surface area contributed by atoms with E-state index in [0.29, 0.717) is 5.02 Å². The van der Waals surface area contributed by atoms with Crippen molar-refractivity contribution in [1.82, 2.24) is 19.7 Å². The van der Waals surface area contributed by atoms with E-state index in [0.717, 1.165) is 47.7 Å². The molecule has 0 atom stereocenters. The maximum atomic E-state index is 12.2. The summed E-state index contributed by atoms with van der Waals surface area (Å²) in [5.41, 5.74) is 4.36. The van der Waals surface area contributed by atoms with Crippen LogP contribution >= 0.6 is 11.6 Å². The van der Waals surface area contributed by atoms with Crippen LogP contribution in [0.5, 0.6) is 0 Å². The molecule has 5 nitrogen and oxygen atoms in total. The molecule has 2 aromatic heterocycles. The van der Waals surface area contributed by atoms with Crippen LogP contribution in [0.3, 0.4) is 0 Å². The Morgan fingerprint density at radius 3 is 2.86 bits per heavy atom. The molecule has 2 N–H and O–H groups in total. The molecule has 3 heterocycles. The quantitative estimate of drug-likeness (QED) is 0.722. The average molecular weight is 301 g/mol. The lowest BCUT2D eigenvalue weighted by Crippen LogP contribution is -2.29. The van der Waals surface area contributed by atoms with Crippen LogP contribution in [-0.2, 0) is 13.0 Å². The summed E-state index contributed by atoms with van der Waals surface area (Å²) in [7, 11) is 0. The second-order valence-electron chi connectivity index (χ2n) is 5.14. The molecule has 0 saturated carbocycles. The lowest BCUT2D eigenvalue weighted by molar-refractivity contribution is 0.624. The molecule has 1 aromatic carbocycles. The topological polar surface area (TPSA) is 62.2 Å². The number of hydrogen-bond acceptors (Lipinski definition) is 3. The zero-order chi connectivity index (χ0) is 14.4. The van der Waals surface area contributed by atoms with Gasteiger partial charge in [0.1, 0.15) is 5.65 Å². The van der Waals surface area contributed by atoms with Gasteiger partial charge in [0.15, 0.2) is 0 Å². The average Bonchev–Trinajstić information content (AvgIpc) is 2.94. The molecule has 0 amide bonds. The molecule has 3 aromatic rings. The van der Waals surface area contributed by atoms with Gasteiger partial charge < -0.3 is 10.3 Å². The van der Waals surface area contributed by atoms with Crippen LogP contribution < -0.4 is 11.0 Å². The molecule has 21 heavy (non-hydrogen) atoms. The number of benzene rings is 1. The highest BCUT2D eigenvalue weighted by Gasteiger charge is 2.17. The molecule has 0 fully saturated rings. The molecule has 0 radical (unpaired) electrons. The van der Waals surface area contributed by atoms with Crippen LogP contribution in [0.15, 0.2) is 35.3 Å². The van der Waals surface area contributed by atoms with Crippen molar-refractivity contribution in [3.63, 3.8) is 0 Å². The van der Waals surface area contributed by atoms with E-state index in [9.17, 15) is 4.79 Å². The normalized spacial score (nSPS) is 14.3. The Morgan fingerprint density at radius 1 is 1.24 bits per heavy atom. The zero-order valence-electron chi connectivity index (χ0n) is 11.2. The second-order valence-corrected chi connectivity index (χ2v) is 5.58. The van der Waals surface area contributed by atoms with Crippen LogP contribution in [0.25, 0.3) is 16.9 Å². The molecule has 0 bridgehead atoms. The van der Waals surface area contributed by atoms with Crippen molar-refractivity contribution in [2.45, 2.75) is 13.0 Å². The first-order valence-electron chi connectivity index (χ1n) is 6.82. The minimum absolute atomic E-state index is 0.140. The predicted molar refractivity (Wildman–Crippen MR) is 81.7 cm³/mol. The number of nitrogens with one attached hydrogen (secondary N) is 2. The summed E-state index contributed by atoms with van der Waals surface area (Å²) in [6, 6.07) is 7.45. The van der Waals surface area contributed by atoms with Gasteiger partial charge in [-0.25, -0.2) is 9.78 Å². The first-order chi connectivity index (χ1) is 10.2. The fourth-order valence-electron chi connectivity index (χ4n) is 2.73. The van der Waals surface area contributed by atoms with Gasteiger partial charge in [-0.3, -0.25) is 4.40 Å². The van der Waals surface area contributed by atoms with Crippen LogP contribution in [0.1, 0.15) is 11.3 Å². The van der Waals surface area contributed by atoms with Crippen molar-refractivity contribution < 1.29 is 0 Å². The summed E-state index contributed by atoms with van der Waals surface area (Å²) in [5.74, 6) is 0. The summed E-state index contributed by atoms with van der Waals surface area (Å²) in [5, 5.41) is 4.00. The van der Waals surface area contributed by atoms with Crippen molar-refractivity contribution in [1.29, 1.82) is 0 Å². The molecular formula is C15H13ClN4O. The van der Waals surface area contributed by atoms with Gasteiger partial charge in [0, 0.05) is 47.6 Å². The van der Waals surface area contributed by atoms with Gasteiger partial charge in [-0.15, -0.1) is 0 Å². The second kappa shape index (κ2) is 4.72. The number of aromatic nitrogens is 3. The molecule has 6 heteroatoms. The van der Waals surface area contributed by atoms with Crippen molar-refractivity contribution in [3.05, 3.63) is 57.2 Å². The van der Waals surface area contributed by atoms with Crippen molar-refractivity contribution >= 4 is 17.2 Å². The molecule has 0 spiro atoms. The fourth-order valence-corrected chi connectivity index (χ4v) is 2.86. The first-order valence-corrected chi connectivity index (χ1v) is 7.20. The van der Waals surface area contributed by atoms with E-state index in [1.165, 1.54) is 0 Å². The molecule has 0 aliphatic carbocycles. The zero-order valence-corrected chi connectivity index (χ0v) is 11.9. The lowest BCUT2D eigenvalue weighted by Gasteiger charge is -2.16. The van der Waals surface area contributed by atoms with E-state index in [4.69, 9.17) is 11.6 Å². The van der Waals surface area contributed by atoms with Gasteiger partial charge in [-0.1, -0.05) is 23.7 Å². The molecule has 4 rings (SSSR count). The fraction of sp³-hybridized carbons (Fsp3) is 0.200. The molecular weight excluding hydrogens is 288 g/mol. The van der Waals surface area contributed by atoms with Crippen molar-refractivity contribution in [2.75, 3.05) is 6.54 Å². The van der Waals surface area contributed by atoms with E-state index >= 15 is 0 Å². The van der Waals surface area contributed by atoms with Gasteiger partial charge in [0.2, 0.25) is 0 Å². The summed E-state index contributed by atoms with van der Waals surface area (Å²) >= 11 is 5.91. The maximum Gasteiger partial charge on any atom is 0.331 e. The van der Waals surface area contributed by atoms with Crippen LogP contribution in [0.2, 0.25) is 5.02 Å². The Morgan fingerprint density at radius 2 is 2.05 bits per heavy atom. The van der Waals surface area contributed by atoms with Crippen LogP contribution in [-0.4, -0.2) is 20.9 Å². The van der Waals surface area contributed by atoms with Crippen molar-refractivity contribution in [2.24, 2.45) is 0 Å². The van der Waals surface area contributed by atoms with E-state index in [2.05, 4.69) is 15.3 Å². The number of rotatable bonds is 1. The number of aromatic amines is 1. The monoisotopic (exact) mass is 300 g/mol. The molecule has 0 unspecified atom stereocenters. The van der Waals surface area contributed by atoms with Gasteiger partial charge in [-0.2, -0.15) is 0 Å². The maximum absolute atomic E-state index is 12.2. The third-order valence-corrected chi connectivity index (χ3v) is 4.06. The molecule has 1 aliphatic rings. The molecule has 0 saturated heterocycles. The summed E-state index contributed by atoms with van der Waals surface area (Å²) < 4.78 is 1.58.